The number of carbonyl (C=O) groups excluding carboxylic acids is 1. The molecule has 7 heteroatoms. The molecular formula is C16H29N5O2. The predicted octanol–water partition coefficient (Wildman–Crippen LogP) is 1.89. The van der Waals surface area contributed by atoms with Crippen LogP contribution in [-0.4, -0.2) is 62.9 Å². The molecule has 2 rings (SSSR count). The van der Waals surface area contributed by atoms with Crippen LogP contribution in [-0.2, 0) is 18.3 Å². The van der Waals surface area contributed by atoms with E-state index in [1.54, 1.807) is 6.33 Å². The van der Waals surface area contributed by atoms with Crippen molar-refractivity contribution >= 4 is 6.09 Å². The molecule has 1 saturated heterocycles. The zero-order chi connectivity index (χ0) is 17.0. The molecule has 1 amide bonds. The highest BCUT2D eigenvalue weighted by Crippen LogP contribution is 2.20. The van der Waals surface area contributed by atoms with E-state index in [9.17, 15) is 4.79 Å². The molecule has 0 unspecified atom stereocenters. The van der Waals surface area contributed by atoms with E-state index in [0.29, 0.717) is 5.92 Å². The number of carbonyl (C=O) groups is 1. The van der Waals surface area contributed by atoms with Gasteiger partial charge >= 0.3 is 6.09 Å². The average molecular weight is 323 g/mol. The Balaban J connectivity index is 1.83. The lowest BCUT2D eigenvalue weighted by Crippen LogP contribution is -2.45. The summed E-state index contributed by atoms with van der Waals surface area (Å²) in [5.74, 6) is 1.42. The molecule has 1 atom stereocenters. The Kier molecular flexibility index (Phi) is 5.62. The highest BCUT2D eigenvalue weighted by molar-refractivity contribution is 5.68. The first-order valence-electron chi connectivity index (χ1n) is 8.24. The van der Waals surface area contributed by atoms with E-state index in [1.165, 1.54) is 0 Å². The molecule has 1 aromatic heterocycles. The molecule has 130 valence electrons. The minimum Gasteiger partial charge on any atom is -0.444 e. The molecule has 0 radical (unpaired) electrons. The molecule has 2 heterocycles. The zero-order valence-corrected chi connectivity index (χ0v) is 14.9. The molecule has 23 heavy (non-hydrogen) atoms. The minimum absolute atomic E-state index is 0.196. The largest absolute Gasteiger partial charge is 0.444 e. The maximum atomic E-state index is 12.2. The molecule has 1 aliphatic heterocycles. The fourth-order valence-corrected chi connectivity index (χ4v) is 2.90. The number of aryl methyl sites for hydroxylation is 1. The van der Waals surface area contributed by atoms with Gasteiger partial charge in [0, 0.05) is 26.7 Å². The van der Waals surface area contributed by atoms with Crippen LogP contribution >= 0.6 is 0 Å². The first-order valence-corrected chi connectivity index (χ1v) is 8.24. The lowest BCUT2D eigenvalue weighted by atomic mass is 9.98. The molecule has 0 aliphatic carbocycles. The number of amides is 1. The summed E-state index contributed by atoms with van der Waals surface area (Å²) in [6, 6.07) is 0. The summed E-state index contributed by atoms with van der Waals surface area (Å²) in [7, 11) is 4.04. The first kappa shape index (κ1) is 17.7. The molecule has 1 aromatic rings. The predicted molar refractivity (Wildman–Crippen MR) is 87.9 cm³/mol. The van der Waals surface area contributed by atoms with E-state index in [1.807, 2.05) is 37.3 Å². The maximum absolute atomic E-state index is 12.2. The van der Waals surface area contributed by atoms with Crippen LogP contribution in [0.3, 0.4) is 0 Å². The molecule has 1 fully saturated rings. The van der Waals surface area contributed by atoms with Crippen molar-refractivity contribution in [1.82, 2.24) is 24.6 Å². The number of hydrogen-bond acceptors (Lipinski definition) is 5. The third-order valence-electron chi connectivity index (χ3n) is 3.96. The number of ether oxygens (including phenoxy) is 1. The Morgan fingerprint density at radius 1 is 1.48 bits per heavy atom. The topological polar surface area (TPSA) is 63.5 Å². The van der Waals surface area contributed by atoms with Gasteiger partial charge in [-0.05, 0) is 46.6 Å². The molecular weight excluding hydrogens is 294 g/mol. The number of nitrogens with zero attached hydrogens (tertiary/aromatic N) is 5. The van der Waals surface area contributed by atoms with Crippen molar-refractivity contribution in [3.63, 3.8) is 0 Å². The first-order chi connectivity index (χ1) is 10.7. The van der Waals surface area contributed by atoms with Gasteiger partial charge < -0.3 is 14.2 Å². The second-order valence-electron chi connectivity index (χ2n) is 7.49. The van der Waals surface area contributed by atoms with Crippen LogP contribution in [0.4, 0.5) is 4.79 Å². The molecule has 0 bridgehead atoms. The quantitative estimate of drug-likeness (QED) is 0.847. The van der Waals surface area contributed by atoms with Crippen LogP contribution < -0.4 is 0 Å². The summed E-state index contributed by atoms with van der Waals surface area (Å²) < 4.78 is 7.42. The molecule has 1 aliphatic rings. The van der Waals surface area contributed by atoms with Crippen molar-refractivity contribution in [3.8, 4) is 0 Å². The van der Waals surface area contributed by atoms with Gasteiger partial charge in [0.2, 0.25) is 0 Å². The van der Waals surface area contributed by atoms with Gasteiger partial charge in [-0.1, -0.05) is 0 Å². The Labute approximate surface area is 138 Å². The van der Waals surface area contributed by atoms with Gasteiger partial charge in [-0.3, -0.25) is 4.90 Å². The maximum Gasteiger partial charge on any atom is 0.410 e. The SMILES string of the molecule is CN(Cc1nncn1C)C[C@@H]1CCCN(C(=O)OC(C)(C)C)C1. The van der Waals surface area contributed by atoms with E-state index in [-0.39, 0.29) is 6.09 Å². The van der Waals surface area contributed by atoms with Gasteiger partial charge in [0.1, 0.15) is 17.8 Å². The van der Waals surface area contributed by atoms with Crippen LogP contribution in [0.5, 0.6) is 0 Å². The Morgan fingerprint density at radius 3 is 2.83 bits per heavy atom. The van der Waals surface area contributed by atoms with Crippen molar-refractivity contribution in [2.75, 3.05) is 26.7 Å². The lowest BCUT2D eigenvalue weighted by Gasteiger charge is -2.35. The molecule has 0 saturated carbocycles. The third-order valence-corrected chi connectivity index (χ3v) is 3.96. The van der Waals surface area contributed by atoms with E-state index in [2.05, 4.69) is 22.1 Å². The van der Waals surface area contributed by atoms with Crippen molar-refractivity contribution in [2.24, 2.45) is 13.0 Å². The summed E-state index contributed by atoms with van der Waals surface area (Å²) in [6.07, 6.45) is 3.69. The van der Waals surface area contributed by atoms with Gasteiger partial charge in [0.05, 0.1) is 6.54 Å². The average Bonchev–Trinajstić information content (AvgIpc) is 2.82. The molecule has 0 N–H and O–H groups in total. The van der Waals surface area contributed by atoms with E-state index >= 15 is 0 Å². The number of piperidine rings is 1. The Bertz CT molecular complexity index is 523. The van der Waals surface area contributed by atoms with Crippen molar-refractivity contribution < 1.29 is 9.53 Å². The van der Waals surface area contributed by atoms with Gasteiger partial charge in [-0.2, -0.15) is 0 Å². The number of aromatic nitrogens is 3. The van der Waals surface area contributed by atoms with Crippen LogP contribution in [0.1, 0.15) is 39.4 Å². The Hall–Kier alpha value is -1.63. The van der Waals surface area contributed by atoms with Gasteiger partial charge in [-0.15, -0.1) is 10.2 Å². The third kappa shape index (κ3) is 5.49. The Morgan fingerprint density at radius 2 is 2.22 bits per heavy atom. The van der Waals surface area contributed by atoms with E-state index < -0.39 is 5.60 Å². The number of rotatable bonds is 4. The van der Waals surface area contributed by atoms with Gasteiger partial charge in [0.25, 0.3) is 0 Å². The van der Waals surface area contributed by atoms with Crippen LogP contribution in [0.15, 0.2) is 6.33 Å². The monoisotopic (exact) mass is 323 g/mol. The summed E-state index contributed by atoms with van der Waals surface area (Å²) in [5, 5.41) is 8.03. The van der Waals surface area contributed by atoms with E-state index in [4.69, 9.17) is 4.74 Å². The zero-order valence-electron chi connectivity index (χ0n) is 14.9. The van der Waals surface area contributed by atoms with Gasteiger partial charge in [0.15, 0.2) is 0 Å². The molecule has 0 spiro atoms. The fraction of sp³-hybridized carbons (Fsp3) is 0.812. The lowest BCUT2D eigenvalue weighted by molar-refractivity contribution is 0.0147. The summed E-state index contributed by atoms with van der Waals surface area (Å²) in [4.78, 5) is 16.3. The van der Waals surface area contributed by atoms with E-state index in [0.717, 1.165) is 44.8 Å². The highest BCUT2D eigenvalue weighted by Gasteiger charge is 2.28. The summed E-state index contributed by atoms with van der Waals surface area (Å²) in [5.41, 5.74) is -0.438. The summed E-state index contributed by atoms with van der Waals surface area (Å²) in [6.45, 7) is 8.96. The minimum atomic E-state index is -0.438. The normalized spacial score (nSPS) is 19.2. The number of hydrogen-bond donors (Lipinski definition) is 0. The second kappa shape index (κ2) is 7.29. The van der Waals surface area contributed by atoms with Crippen LogP contribution in [0, 0.1) is 5.92 Å². The second-order valence-corrected chi connectivity index (χ2v) is 7.49. The van der Waals surface area contributed by atoms with Crippen LogP contribution in [0.2, 0.25) is 0 Å². The smallest absolute Gasteiger partial charge is 0.410 e. The molecule has 0 aromatic carbocycles. The van der Waals surface area contributed by atoms with Crippen molar-refractivity contribution in [1.29, 1.82) is 0 Å². The summed E-state index contributed by atoms with van der Waals surface area (Å²) >= 11 is 0. The van der Waals surface area contributed by atoms with Crippen molar-refractivity contribution in [3.05, 3.63) is 12.2 Å². The van der Waals surface area contributed by atoms with Crippen LogP contribution in [0.25, 0.3) is 0 Å². The fourth-order valence-electron chi connectivity index (χ4n) is 2.90. The molecule has 7 nitrogen and oxygen atoms in total. The number of likely N-dealkylation sites (tertiary alicyclic amines) is 1. The van der Waals surface area contributed by atoms with Gasteiger partial charge in [-0.25, -0.2) is 4.79 Å². The highest BCUT2D eigenvalue weighted by atomic mass is 16.6. The van der Waals surface area contributed by atoms with Crippen molar-refractivity contribution in [2.45, 2.75) is 45.8 Å². The standard InChI is InChI=1S/C16H29N5O2/c1-16(2,3)23-15(22)21-8-6-7-13(10-21)9-19(4)11-14-18-17-12-20(14)5/h12-13H,6-11H2,1-5H3/t13-/m0/s1.